The highest BCUT2D eigenvalue weighted by atomic mass is 35.5. The lowest BCUT2D eigenvalue weighted by atomic mass is 9.72. The van der Waals surface area contributed by atoms with E-state index in [9.17, 15) is 0 Å². The molecule has 1 unspecified atom stereocenters. The van der Waals surface area contributed by atoms with Crippen LogP contribution in [-0.4, -0.2) is 30.6 Å². The Morgan fingerprint density at radius 2 is 1.58 bits per heavy atom. The first-order chi connectivity index (χ1) is 17.2. The second kappa shape index (κ2) is 9.76. The number of fused-ring (bicyclic) bond motifs is 1. The second-order valence-corrected chi connectivity index (χ2v) is 11.6. The van der Waals surface area contributed by atoms with Crippen LogP contribution in [0.4, 0.5) is 5.69 Å². The Balaban J connectivity index is 1.59. The number of benzene rings is 3. The molecule has 36 heavy (non-hydrogen) atoms. The predicted octanol–water partition coefficient (Wildman–Crippen LogP) is 7.99. The summed E-state index contributed by atoms with van der Waals surface area (Å²) >= 11 is 6.11. The van der Waals surface area contributed by atoms with Crippen LogP contribution in [0.15, 0.2) is 48.5 Å². The molecule has 1 N–H and O–H groups in total. The number of ether oxygens (including phenoxy) is 1. The maximum Gasteiger partial charge on any atom is 0.127 e. The Kier molecular flexibility index (Phi) is 6.82. The number of halogens is 1. The van der Waals surface area contributed by atoms with E-state index in [2.05, 4.69) is 88.3 Å². The zero-order chi connectivity index (χ0) is 25.6. The van der Waals surface area contributed by atoms with Gasteiger partial charge in [-0.2, -0.15) is 0 Å². The number of nitrogens with one attached hydrogen (secondary N) is 1. The third-order valence-corrected chi connectivity index (χ3v) is 8.83. The Labute approximate surface area is 221 Å². The minimum Gasteiger partial charge on any atom is -0.486 e. The van der Waals surface area contributed by atoms with Gasteiger partial charge in [0.25, 0.3) is 0 Å². The summed E-state index contributed by atoms with van der Waals surface area (Å²) in [5.41, 5.74) is 10.3. The number of hydrogen-bond acceptors (Lipinski definition) is 3. The summed E-state index contributed by atoms with van der Waals surface area (Å²) in [5, 5.41) is 4.54. The molecular weight excluding hydrogens is 464 g/mol. The highest BCUT2D eigenvalue weighted by Crippen LogP contribution is 2.56. The maximum atomic E-state index is 7.08. The number of hydrogen-bond donors (Lipinski definition) is 1. The van der Waals surface area contributed by atoms with Gasteiger partial charge in [0.05, 0.1) is 5.92 Å². The smallest absolute Gasteiger partial charge is 0.127 e. The largest absolute Gasteiger partial charge is 0.486 e. The Hall–Kier alpha value is -2.49. The van der Waals surface area contributed by atoms with Crippen molar-refractivity contribution in [3.8, 4) is 5.75 Å². The SMILES string of the molecule is Cc1c(C)c2c(c(C)c1NCc1ccc(Cl)cc1)C(c1ccc(C(C)C)cc1)C1(CCN(C)CC1)O2. The van der Waals surface area contributed by atoms with Gasteiger partial charge < -0.3 is 15.0 Å². The summed E-state index contributed by atoms with van der Waals surface area (Å²) in [4.78, 5) is 2.43. The minimum absolute atomic E-state index is 0.190. The monoisotopic (exact) mass is 502 g/mol. The van der Waals surface area contributed by atoms with Crippen LogP contribution in [0.2, 0.25) is 5.02 Å². The van der Waals surface area contributed by atoms with Crippen molar-refractivity contribution in [3.05, 3.63) is 92.5 Å². The van der Waals surface area contributed by atoms with Gasteiger partial charge in [0, 0.05) is 48.7 Å². The Morgan fingerprint density at radius 3 is 2.19 bits per heavy atom. The van der Waals surface area contributed by atoms with Crippen LogP contribution in [0, 0.1) is 20.8 Å². The van der Waals surface area contributed by atoms with Crippen molar-refractivity contribution in [1.82, 2.24) is 4.90 Å². The number of nitrogens with zero attached hydrogens (tertiary/aromatic N) is 1. The molecule has 2 aliphatic rings. The highest BCUT2D eigenvalue weighted by molar-refractivity contribution is 6.30. The molecule has 1 atom stereocenters. The molecule has 2 aliphatic heterocycles. The van der Waals surface area contributed by atoms with Crippen LogP contribution in [0.3, 0.4) is 0 Å². The van der Waals surface area contributed by atoms with Crippen LogP contribution < -0.4 is 10.1 Å². The summed E-state index contributed by atoms with van der Waals surface area (Å²) in [6, 6.07) is 17.4. The number of piperidine rings is 1. The van der Waals surface area contributed by atoms with Crippen LogP contribution in [0.25, 0.3) is 0 Å². The molecule has 190 valence electrons. The van der Waals surface area contributed by atoms with Gasteiger partial charge in [-0.05, 0) is 79.3 Å². The molecule has 2 heterocycles. The van der Waals surface area contributed by atoms with Gasteiger partial charge in [0.2, 0.25) is 0 Å². The highest BCUT2D eigenvalue weighted by Gasteiger charge is 2.52. The number of anilines is 1. The topological polar surface area (TPSA) is 24.5 Å². The standard InChI is InChI=1S/C32H39ClN2O/c1-20(2)25-9-11-26(12-10-25)29-28-23(5)30(34-19-24-7-13-27(33)14-8-24)21(3)22(4)31(28)36-32(29)15-17-35(6)18-16-32/h7-14,20,29,34H,15-19H2,1-6H3. The van der Waals surface area contributed by atoms with E-state index in [1.165, 1.54) is 44.6 Å². The average Bonchev–Trinajstić information content (AvgIpc) is 3.20. The van der Waals surface area contributed by atoms with E-state index in [4.69, 9.17) is 16.3 Å². The molecular formula is C32H39ClN2O. The van der Waals surface area contributed by atoms with E-state index in [-0.39, 0.29) is 11.5 Å². The molecule has 0 aromatic heterocycles. The van der Waals surface area contributed by atoms with E-state index in [0.29, 0.717) is 5.92 Å². The summed E-state index contributed by atoms with van der Waals surface area (Å²) in [6.45, 7) is 14.1. The van der Waals surface area contributed by atoms with Crippen molar-refractivity contribution >= 4 is 17.3 Å². The first-order valence-electron chi connectivity index (χ1n) is 13.3. The molecule has 1 spiro atoms. The van der Waals surface area contributed by atoms with Gasteiger partial charge in [-0.1, -0.05) is 61.8 Å². The molecule has 0 amide bonds. The van der Waals surface area contributed by atoms with Gasteiger partial charge in [0.1, 0.15) is 11.4 Å². The van der Waals surface area contributed by atoms with Crippen molar-refractivity contribution < 1.29 is 4.74 Å². The molecule has 5 rings (SSSR count). The third-order valence-electron chi connectivity index (χ3n) is 8.57. The van der Waals surface area contributed by atoms with Gasteiger partial charge >= 0.3 is 0 Å². The Bertz CT molecular complexity index is 1240. The molecule has 1 saturated heterocycles. The summed E-state index contributed by atoms with van der Waals surface area (Å²) in [5.74, 6) is 1.88. The van der Waals surface area contributed by atoms with E-state index >= 15 is 0 Å². The van der Waals surface area contributed by atoms with Crippen molar-refractivity contribution in [2.75, 3.05) is 25.5 Å². The molecule has 0 saturated carbocycles. The summed E-state index contributed by atoms with van der Waals surface area (Å²) in [6.07, 6.45) is 2.08. The zero-order valence-corrected chi connectivity index (χ0v) is 23.3. The molecule has 0 bridgehead atoms. The van der Waals surface area contributed by atoms with Gasteiger partial charge in [-0.25, -0.2) is 0 Å². The Morgan fingerprint density at radius 1 is 0.944 bits per heavy atom. The van der Waals surface area contributed by atoms with Crippen LogP contribution in [0.1, 0.15) is 77.5 Å². The van der Waals surface area contributed by atoms with Crippen molar-refractivity contribution in [3.63, 3.8) is 0 Å². The summed E-state index contributed by atoms with van der Waals surface area (Å²) in [7, 11) is 2.22. The lowest BCUT2D eigenvalue weighted by Crippen LogP contribution is -2.48. The molecule has 1 fully saturated rings. The van der Waals surface area contributed by atoms with Crippen LogP contribution in [0.5, 0.6) is 5.75 Å². The number of likely N-dealkylation sites (tertiary alicyclic amines) is 1. The normalized spacial score (nSPS) is 18.9. The fourth-order valence-electron chi connectivity index (χ4n) is 6.14. The molecule has 4 heteroatoms. The first-order valence-corrected chi connectivity index (χ1v) is 13.7. The minimum atomic E-state index is -0.190. The maximum absolute atomic E-state index is 7.08. The quantitative estimate of drug-likeness (QED) is 0.382. The summed E-state index contributed by atoms with van der Waals surface area (Å²) < 4.78 is 7.08. The molecule has 3 nitrogen and oxygen atoms in total. The van der Waals surface area contributed by atoms with E-state index in [1.54, 1.807) is 0 Å². The predicted molar refractivity (Wildman–Crippen MR) is 152 cm³/mol. The fourth-order valence-corrected chi connectivity index (χ4v) is 6.27. The number of rotatable bonds is 5. The van der Waals surface area contributed by atoms with Crippen LogP contribution in [-0.2, 0) is 6.54 Å². The second-order valence-electron chi connectivity index (χ2n) is 11.2. The lowest BCUT2D eigenvalue weighted by Gasteiger charge is -2.41. The van der Waals surface area contributed by atoms with Crippen molar-refractivity contribution in [1.29, 1.82) is 0 Å². The van der Waals surface area contributed by atoms with Crippen LogP contribution >= 0.6 is 11.6 Å². The lowest BCUT2D eigenvalue weighted by molar-refractivity contribution is 0.0145. The fraction of sp³-hybridized carbons (Fsp3) is 0.438. The van der Waals surface area contributed by atoms with Crippen molar-refractivity contribution in [2.45, 2.75) is 71.4 Å². The van der Waals surface area contributed by atoms with Gasteiger partial charge in [0.15, 0.2) is 0 Å². The first kappa shape index (κ1) is 25.2. The zero-order valence-electron chi connectivity index (χ0n) is 22.5. The molecule has 3 aromatic carbocycles. The van der Waals surface area contributed by atoms with E-state index < -0.39 is 0 Å². The van der Waals surface area contributed by atoms with Gasteiger partial charge in [-0.15, -0.1) is 0 Å². The molecule has 3 aromatic rings. The van der Waals surface area contributed by atoms with Crippen molar-refractivity contribution in [2.24, 2.45) is 0 Å². The average molecular weight is 503 g/mol. The molecule has 0 aliphatic carbocycles. The molecule has 0 radical (unpaired) electrons. The van der Waals surface area contributed by atoms with E-state index in [0.717, 1.165) is 43.2 Å². The van der Waals surface area contributed by atoms with Gasteiger partial charge in [-0.3, -0.25) is 0 Å². The third kappa shape index (κ3) is 4.41. The van der Waals surface area contributed by atoms with E-state index in [1.807, 2.05) is 12.1 Å².